The zero-order valence-corrected chi connectivity index (χ0v) is 17.1. The second kappa shape index (κ2) is 9.52. The normalized spacial score (nSPS) is 11.5. The summed E-state index contributed by atoms with van der Waals surface area (Å²) in [6, 6.07) is 10.6. The monoisotopic (exact) mass is 498 g/mol. The van der Waals surface area contributed by atoms with E-state index in [1.54, 1.807) is 30.3 Å². The van der Waals surface area contributed by atoms with Gasteiger partial charge in [0.05, 0.1) is 5.56 Å². The van der Waals surface area contributed by atoms with Gasteiger partial charge >= 0.3 is 12.1 Å². The molecular formula is C18H16Br2N2O5. The van der Waals surface area contributed by atoms with Crippen molar-refractivity contribution < 1.29 is 24.2 Å². The number of Topliss-reactive ketones (excluding diaryl/α,β-unsaturated/α-hetero) is 1. The fraction of sp³-hybridized carbons (Fsp3) is 0.167. The van der Waals surface area contributed by atoms with Crippen molar-refractivity contribution in [2.24, 2.45) is 0 Å². The highest BCUT2D eigenvalue weighted by Gasteiger charge is 2.26. The molecule has 0 radical (unpaired) electrons. The molecule has 9 heteroatoms. The fourth-order valence-electron chi connectivity index (χ4n) is 2.28. The number of amides is 1. The highest BCUT2D eigenvalue weighted by atomic mass is 79.9. The predicted molar refractivity (Wildman–Crippen MR) is 106 cm³/mol. The molecule has 1 atom stereocenters. The molecule has 0 aliphatic rings. The second-order valence-corrected chi connectivity index (χ2v) is 7.35. The van der Waals surface area contributed by atoms with Crippen LogP contribution in [0.4, 0.5) is 10.5 Å². The number of hydrogen-bond donors (Lipinski definition) is 3. The number of alkyl carbamates (subject to hydrolysis) is 1. The molecule has 0 spiro atoms. The third-order valence-electron chi connectivity index (χ3n) is 3.56. The maximum Gasteiger partial charge on any atom is 0.408 e. The number of nitrogens with one attached hydrogen (secondary N) is 1. The van der Waals surface area contributed by atoms with Crippen LogP contribution in [0.15, 0.2) is 51.4 Å². The molecule has 4 N–H and O–H groups in total. The Morgan fingerprint density at radius 2 is 1.81 bits per heavy atom. The lowest BCUT2D eigenvalue weighted by atomic mass is 10.0. The number of ether oxygens (including phenoxy) is 1. The van der Waals surface area contributed by atoms with Gasteiger partial charge in [-0.05, 0) is 33.6 Å². The van der Waals surface area contributed by atoms with Crippen LogP contribution in [-0.2, 0) is 16.1 Å². The Bertz CT molecular complexity index is 835. The number of aliphatic carboxylic acids is 1. The summed E-state index contributed by atoms with van der Waals surface area (Å²) in [7, 11) is 0. The van der Waals surface area contributed by atoms with E-state index < -0.39 is 30.3 Å². The van der Waals surface area contributed by atoms with Gasteiger partial charge in [-0.1, -0.05) is 46.3 Å². The lowest BCUT2D eigenvalue weighted by molar-refractivity contribution is -0.139. The number of carbonyl (C=O) groups is 3. The Kier molecular flexibility index (Phi) is 7.37. The molecule has 0 heterocycles. The Balaban J connectivity index is 2.02. The summed E-state index contributed by atoms with van der Waals surface area (Å²) < 4.78 is 6.09. The number of nitrogens with two attached hydrogens (primary N) is 1. The highest BCUT2D eigenvalue weighted by molar-refractivity contribution is 9.11. The number of carboxylic acids is 1. The molecule has 0 bridgehead atoms. The lowest BCUT2D eigenvalue weighted by Crippen LogP contribution is -2.42. The van der Waals surface area contributed by atoms with Crippen molar-refractivity contribution in [2.75, 3.05) is 5.73 Å². The minimum absolute atomic E-state index is 0.0157. The van der Waals surface area contributed by atoms with E-state index in [2.05, 4.69) is 37.2 Å². The maximum atomic E-state index is 12.5. The van der Waals surface area contributed by atoms with Crippen molar-refractivity contribution in [1.29, 1.82) is 0 Å². The first-order valence-electron chi connectivity index (χ1n) is 7.75. The van der Waals surface area contributed by atoms with Gasteiger partial charge < -0.3 is 20.9 Å². The maximum absolute atomic E-state index is 12.5. The van der Waals surface area contributed by atoms with Gasteiger partial charge in [0.15, 0.2) is 5.78 Å². The smallest absolute Gasteiger partial charge is 0.408 e. The van der Waals surface area contributed by atoms with E-state index in [9.17, 15) is 19.5 Å². The number of benzene rings is 2. The van der Waals surface area contributed by atoms with Gasteiger partial charge in [-0.15, -0.1) is 0 Å². The van der Waals surface area contributed by atoms with Crippen molar-refractivity contribution in [3.05, 3.63) is 62.5 Å². The highest BCUT2D eigenvalue weighted by Crippen LogP contribution is 2.29. The van der Waals surface area contributed by atoms with Crippen LogP contribution < -0.4 is 11.1 Å². The molecule has 0 aliphatic heterocycles. The number of ketones is 1. The quantitative estimate of drug-likeness (QED) is 0.394. The molecule has 0 aromatic heterocycles. The lowest BCUT2D eigenvalue weighted by Gasteiger charge is -2.15. The number of carboxylic acid groups (broad SMARTS) is 1. The molecule has 0 unspecified atom stereocenters. The minimum Gasteiger partial charge on any atom is -0.480 e. The van der Waals surface area contributed by atoms with Crippen LogP contribution in [0.3, 0.4) is 0 Å². The molecule has 7 nitrogen and oxygen atoms in total. The molecule has 1 amide bonds. The van der Waals surface area contributed by atoms with E-state index in [-0.39, 0.29) is 17.9 Å². The fourth-order valence-corrected chi connectivity index (χ4v) is 3.76. The van der Waals surface area contributed by atoms with Gasteiger partial charge in [0.2, 0.25) is 0 Å². The van der Waals surface area contributed by atoms with Gasteiger partial charge in [-0.3, -0.25) is 4.79 Å². The van der Waals surface area contributed by atoms with Crippen molar-refractivity contribution in [2.45, 2.75) is 19.1 Å². The molecule has 142 valence electrons. The average molecular weight is 500 g/mol. The third kappa shape index (κ3) is 6.07. The number of halogens is 2. The first-order chi connectivity index (χ1) is 12.8. The van der Waals surface area contributed by atoms with Gasteiger partial charge in [0.25, 0.3) is 0 Å². The molecule has 27 heavy (non-hydrogen) atoms. The molecule has 0 saturated carbocycles. The second-order valence-electron chi connectivity index (χ2n) is 5.58. The number of rotatable bonds is 7. The summed E-state index contributed by atoms with van der Waals surface area (Å²) in [6.45, 7) is -0.0157. The van der Waals surface area contributed by atoms with Crippen LogP contribution >= 0.6 is 31.9 Å². The van der Waals surface area contributed by atoms with Crippen LogP contribution in [0, 0.1) is 0 Å². The third-order valence-corrected chi connectivity index (χ3v) is 4.64. The van der Waals surface area contributed by atoms with Gasteiger partial charge in [0, 0.05) is 21.1 Å². The van der Waals surface area contributed by atoms with Gasteiger partial charge in [0.1, 0.15) is 12.6 Å². The molecular weight excluding hydrogens is 484 g/mol. The van der Waals surface area contributed by atoms with E-state index in [0.717, 1.165) is 5.56 Å². The number of hydrogen-bond acceptors (Lipinski definition) is 5. The standard InChI is InChI=1S/C18H16Br2N2O5/c19-11-6-12(20)16(13(21)7-11)15(23)8-14(17(24)25)22-18(26)27-9-10-4-2-1-3-5-10/h1-7,14H,8-9,21H2,(H,22,26)(H,24,25)/t14-/m0/s1. The van der Waals surface area contributed by atoms with Crippen LogP contribution in [0.5, 0.6) is 0 Å². The molecule has 2 aromatic carbocycles. The van der Waals surface area contributed by atoms with Crippen molar-refractivity contribution >= 4 is 55.4 Å². The summed E-state index contributed by atoms with van der Waals surface area (Å²) in [5.41, 5.74) is 6.95. The van der Waals surface area contributed by atoms with E-state index in [1.165, 1.54) is 6.07 Å². The summed E-state index contributed by atoms with van der Waals surface area (Å²) in [6.07, 6.45) is -1.40. The topological polar surface area (TPSA) is 119 Å². The Hall–Kier alpha value is -2.39. The number of carbonyl (C=O) groups excluding carboxylic acids is 2. The van der Waals surface area contributed by atoms with E-state index in [0.29, 0.717) is 8.95 Å². The predicted octanol–water partition coefficient (Wildman–Crippen LogP) is 3.75. The number of anilines is 1. The average Bonchev–Trinajstić information content (AvgIpc) is 2.59. The zero-order chi connectivity index (χ0) is 20.0. The first-order valence-corrected chi connectivity index (χ1v) is 9.34. The molecule has 0 fully saturated rings. The molecule has 0 aliphatic carbocycles. The molecule has 2 rings (SSSR count). The largest absolute Gasteiger partial charge is 0.480 e. The Morgan fingerprint density at radius 1 is 1.15 bits per heavy atom. The zero-order valence-electron chi connectivity index (χ0n) is 13.9. The SMILES string of the molecule is Nc1cc(Br)cc(Br)c1C(=O)C[C@H](NC(=O)OCc1ccccc1)C(=O)O. The first kappa shape index (κ1) is 20.9. The summed E-state index contributed by atoms with van der Waals surface area (Å²) in [4.78, 5) is 35.8. The van der Waals surface area contributed by atoms with Crippen molar-refractivity contribution in [3.63, 3.8) is 0 Å². The van der Waals surface area contributed by atoms with Crippen LogP contribution in [-0.4, -0.2) is 29.0 Å². The number of nitrogen functional groups attached to an aromatic ring is 1. The Morgan fingerprint density at radius 3 is 2.41 bits per heavy atom. The summed E-state index contributed by atoms with van der Waals surface area (Å²) in [5, 5.41) is 11.5. The van der Waals surface area contributed by atoms with E-state index >= 15 is 0 Å². The summed E-state index contributed by atoms with van der Waals surface area (Å²) in [5.74, 6) is -1.88. The van der Waals surface area contributed by atoms with Crippen LogP contribution in [0.25, 0.3) is 0 Å². The van der Waals surface area contributed by atoms with Crippen LogP contribution in [0.2, 0.25) is 0 Å². The van der Waals surface area contributed by atoms with E-state index in [4.69, 9.17) is 10.5 Å². The van der Waals surface area contributed by atoms with Crippen molar-refractivity contribution in [3.8, 4) is 0 Å². The van der Waals surface area contributed by atoms with Gasteiger partial charge in [-0.2, -0.15) is 0 Å². The van der Waals surface area contributed by atoms with E-state index in [1.807, 2.05) is 6.07 Å². The van der Waals surface area contributed by atoms with Crippen LogP contribution in [0.1, 0.15) is 22.3 Å². The molecule has 0 saturated heterocycles. The summed E-state index contributed by atoms with van der Waals surface area (Å²) >= 11 is 6.49. The van der Waals surface area contributed by atoms with Gasteiger partial charge in [-0.25, -0.2) is 9.59 Å². The Labute approximate surface area is 172 Å². The van der Waals surface area contributed by atoms with Crippen molar-refractivity contribution in [1.82, 2.24) is 5.32 Å². The molecule has 2 aromatic rings. The minimum atomic E-state index is -1.45.